The Morgan fingerprint density at radius 1 is 0.509 bits per heavy atom. The SMILES string of the molecule is Cc1cc([S+](c2ccc(-c3ccccc3)cc2)c2ccccc2C)ccc1Sc1ccc(-c2ccccc2)cc1.O=S(=O)([O-])C(F)(F)C(F)(F)C(F)(F)C(F)(F)F. The molecule has 0 spiro atoms. The van der Waals surface area contributed by atoms with Gasteiger partial charge in [0.15, 0.2) is 24.8 Å². The Bertz CT molecular complexity index is 2390. The smallest absolute Gasteiger partial charge is 0.460 e. The monoisotopic (exact) mass is 850 g/mol. The zero-order chi connectivity index (χ0) is 41.8. The predicted octanol–water partition coefficient (Wildman–Crippen LogP) is 12.8. The lowest BCUT2D eigenvalue weighted by Crippen LogP contribution is -2.63. The van der Waals surface area contributed by atoms with Gasteiger partial charge in [-0.3, -0.25) is 0 Å². The molecule has 1 atom stereocenters. The van der Waals surface area contributed by atoms with E-state index in [-0.39, 0.29) is 10.9 Å². The van der Waals surface area contributed by atoms with Crippen molar-refractivity contribution in [3.05, 3.63) is 163 Å². The van der Waals surface area contributed by atoms with Gasteiger partial charge in [-0.1, -0.05) is 103 Å². The summed E-state index contributed by atoms with van der Waals surface area (Å²) in [4.78, 5) is 6.62. The Hall–Kier alpha value is -4.70. The van der Waals surface area contributed by atoms with Crippen LogP contribution in [-0.2, 0) is 21.0 Å². The van der Waals surface area contributed by atoms with Gasteiger partial charge in [0, 0.05) is 15.4 Å². The zero-order valence-corrected chi connectivity index (χ0v) is 32.2. The van der Waals surface area contributed by atoms with Crippen molar-refractivity contribution < 1.29 is 52.5 Å². The Morgan fingerprint density at radius 3 is 1.40 bits per heavy atom. The standard InChI is InChI=1S/C38H31S2.C4HF9O3S/c1-28-11-9-10-16-38(28)40(35-23-19-33(20-24-35)31-14-7-4-8-15-31)36-25-26-37(29(2)27-36)39-34-21-17-32(18-22-34)30-12-5-3-6-13-30;5-1(6,3(9,10)11)2(7,8)4(12,13)17(14,15)16/h3-27H,1-2H3;(H,14,15,16)/q+1;/p-1. The third-order valence-corrected chi connectivity index (χ3v) is 12.9. The van der Waals surface area contributed by atoms with Crippen LogP contribution in [0.25, 0.3) is 22.3 Å². The van der Waals surface area contributed by atoms with Crippen molar-refractivity contribution in [2.45, 2.75) is 61.6 Å². The lowest BCUT2D eigenvalue weighted by atomic mass is 10.1. The maximum atomic E-state index is 12.2. The summed E-state index contributed by atoms with van der Waals surface area (Å²) in [5.74, 6) is -14.8. The lowest BCUT2D eigenvalue weighted by Gasteiger charge is -2.34. The van der Waals surface area contributed by atoms with E-state index in [1.54, 1.807) is 0 Å². The highest BCUT2D eigenvalue weighted by Gasteiger charge is 2.83. The molecule has 0 aliphatic heterocycles. The van der Waals surface area contributed by atoms with E-state index in [1.165, 1.54) is 57.9 Å². The molecule has 1 unspecified atom stereocenters. The molecule has 0 fully saturated rings. The van der Waals surface area contributed by atoms with Crippen molar-refractivity contribution in [2.75, 3.05) is 0 Å². The Kier molecular flexibility index (Phi) is 13.0. The van der Waals surface area contributed by atoms with E-state index in [9.17, 15) is 52.5 Å². The van der Waals surface area contributed by atoms with E-state index in [0.29, 0.717) is 0 Å². The molecule has 57 heavy (non-hydrogen) atoms. The molecule has 0 saturated heterocycles. The molecular formula is C42H31F9O3S3. The van der Waals surface area contributed by atoms with Crippen LogP contribution in [0.5, 0.6) is 0 Å². The summed E-state index contributed by atoms with van der Waals surface area (Å²) in [6.07, 6.45) is -7.16. The molecule has 15 heteroatoms. The molecule has 298 valence electrons. The van der Waals surface area contributed by atoms with Gasteiger partial charge in [0.25, 0.3) is 0 Å². The lowest BCUT2D eigenvalue weighted by molar-refractivity contribution is -0.382. The maximum Gasteiger partial charge on any atom is 0.460 e. The second-order valence-electron chi connectivity index (χ2n) is 12.5. The first kappa shape index (κ1) is 43.4. The van der Waals surface area contributed by atoms with Crippen molar-refractivity contribution in [1.29, 1.82) is 0 Å². The largest absolute Gasteiger partial charge is 0.743 e. The van der Waals surface area contributed by atoms with Crippen molar-refractivity contribution in [1.82, 2.24) is 0 Å². The van der Waals surface area contributed by atoms with Crippen molar-refractivity contribution >= 4 is 32.8 Å². The zero-order valence-electron chi connectivity index (χ0n) is 29.8. The minimum atomic E-state index is -7.43. The molecular weight excluding hydrogens is 820 g/mol. The summed E-state index contributed by atoms with van der Waals surface area (Å²) in [6, 6.07) is 55.0. The Morgan fingerprint density at radius 2 is 0.947 bits per heavy atom. The van der Waals surface area contributed by atoms with Crippen LogP contribution in [0.4, 0.5) is 39.5 Å². The van der Waals surface area contributed by atoms with Gasteiger partial charge < -0.3 is 4.55 Å². The van der Waals surface area contributed by atoms with Gasteiger partial charge in [-0.05, 0) is 102 Å². The minimum absolute atomic E-state index is 0.189. The minimum Gasteiger partial charge on any atom is -0.743 e. The van der Waals surface area contributed by atoms with Gasteiger partial charge in [-0.15, -0.1) is 0 Å². The summed E-state index contributed by atoms with van der Waals surface area (Å²) < 4.78 is 135. The summed E-state index contributed by atoms with van der Waals surface area (Å²) in [6.45, 7) is 4.46. The third kappa shape index (κ3) is 9.38. The second kappa shape index (κ2) is 17.0. The molecule has 0 saturated carbocycles. The first-order valence-electron chi connectivity index (χ1n) is 16.7. The van der Waals surface area contributed by atoms with E-state index in [0.717, 1.165) is 0 Å². The molecule has 0 bridgehead atoms. The van der Waals surface area contributed by atoms with Crippen LogP contribution in [0.1, 0.15) is 11.1 Å². The van der Waals surface area contributed by atoms with E-state index in [2.05, 4.69) is 166 Å². The summed E-state index contributed by atoms with van der Waals surface area (Å²) in [7, 11) is -7.61. The van der Waals surface area contributed by atoms with Crippen LogP contribution < -0.4 is 0 Å². The summed E-state index contributed by atoms with van der Waals surface area (Å²) in [5, 5.41) is -7.11. The quantitative estimate of drug-likeness (QED) is 0.0783. The van der Waals surface area contributed by atoms with Crippen molar-refractivity contribution in [3.8, 4) is 22.3 Å². The van der Waals surface area contributed by atoms with Crippen LogP contribution in [0.3, 0.4) is 0 Å². The average molecular weight is 851 g/mol. The Labute approximate surface area is 330 Å². The van der Waals surface area contributed by atoms with Crippen LogP contribution in [-0.4, -0.2) is 36.2 Å². The highest BCUT2D eigenvalue weighted by molar-refractivity contribution is 7.99. The highest BCUT2D eigenvalue weighted by Crippen LogP contribution is 2.54. The predicted molar refractivity (Wildman–Crippen MR) is 203 cm³/mol. The molecule has 6 aromatic rings. The van der Waals surface area contributed by atoms with Crippen molar-refractivity contribution in [3.63, 3.8) is 0 Å². The van der Waals surface area contributed by atoms with Gasteiger partial charge in [-0.25, -0.2) is 8.42 Å². The number of hydrogen-bond donors (Lipinski definition) is 0. The highest BCUT2D eigenvalue weighted by atomic mass is 32.2. The van der Waals surface area contributed by atoms with Crippen LogP contribution in [0, 0.1) is 13.8 Å². The number of halogens is 9. The average Bonchev–Trinajstić information content (AvgIpc) is 3.17. The van der Waals surface area contributed by atoms with Gasteiger partial charge in [0.05, 0.1) is 10.9 Å². The Balaban J connectivity index is 0.000000310. The number of rotatable bonds is 10. The first-order chi connectivity index (χ1) is 26.7. The van der Waals surface area contributed by atoms with Gasteiger partial charge in [0.1, 0.15) is 0 Å². The van der Waals surface area contributed by atoms with Crippen LogP contribution in [0.2, 0.25) is 0 Å². The first-order valence-corrected chi connectivity index (χ1v) is 20.2. The molecule has 0 heterocycles. The molecule has 6 aromatic carbocycles. The number of benzene rings is 6. The normalized spacial score (nSPS) is 13.1. The molecule has 3 nitrogen and oxygen atoms in total. The van der Waals surface area contributed by atoms with Gasteiger partial charge in [0.2, 0.25) is 0 Å². The fourth-order valence-corrected chi connectivity index (χ4v) is 9.06. The topological polar surface area (TPSA) is 57.2 Å². The fourth-order valence-electron chi connectivity index (χ4n) is 5.44. The molecule has 0 N–H and O–H groups in total. The second-order valence-corrected chi connectivity index (χ2v) is 17.0. The van der Waals surface area contributed by atoms with E-state index in [1.807, 2.05) is 11.8 Å². The molecule has 0 radical (unpaired) electrons. The molecule has 0 amide bonds. The van der Waals surface area contributed by atoms with Gasteiger partial charge in [-0.2, -0.15) is 39.5 Å². The van der Waals surface area contributed by atoms with E-state index in [4.69, 9.17) is 0 Å². The molecule has 0 aromatic heterocycles. The number of alkyl halides is 9. The van der Waals surface area contributed by atoms with Gasteiger partial charge >= 0.3 is 23.3 Å². The third-order valence-electron chi connectivity index (χ3n) is 8.51. The van der Waals surface area contributed by atoms with E-state index < -0.39 is 33.4 Å². The maximum absolute atomic E-state index is 12.2. The number of hydrogen-bond acceptors (Lipinski definition) is 4. The number of aryl methyl sites for hydroxylation is 2. The van der Waals surface area contributed by atoms with Crippen LogP contribution >= 0.6 is 11.8 Å². The fraction of sp³-hybridized carbons (Fsp3) is 0.143. The summed E-state index contributed by atoms with van der Waals surface area (Å²) >= 11 is 1.84. The molecule has 0 aliphatic carbocycles. The van der Waals surface area contributed by atoms with Crippen LogP contribution in [0.15, 0.2) is 176 Å². The molecule has 6 rings (SSSR count). The van der Waals surface area contributed by atoms with E-state index >= 15 is 0 Å². The van der Waals surface area contributed by atoms with Crippen molar-refractivity contribution in [2.24, 2.45) is 0 Å². The molecule has 0 aliphatic rings. The summed E-state index contributed by atoms with van der Waals surface area (Å²) in [5.41, 5.74) is 7.63.